The lowest BCUT2D eigenvalue weighted by Gasteiger charge is -2.26. The Hall–Kier alpha value is -2.80. The predicted octanol–water partition coefficient (Wildman–Crippen LogP) is 6.66. The molecule has 1 saturated heterocycles. The molecule has 2 aromatic carbocycles. The largest absolute Gasteiger partial charge is 0.452 e. The average molecular weight is 464 g/mol. The smallest absolute Gasteiger partial charge is 0.174 e. The van der Waals surface area contributed by atoms with Gasteiger partial charge in [-0.05, 0) is 72.9 Å². The maximum absolute atomic E-state index is 6.31. The van der Waals surface area contributed by atoms with E-state index in [0.717, 1.165) is 27.1 Å². The summed E-state index contributed by atoms with van der Waals surface area (Å²) in [5.74, 6) is 0.823. The van der Waals surface area contributed by atoms with E-state index >= 15 is 0 Å². The maximum Gasteiger partial charge on any atom is 0.174 e. The number of furan rings is 1. The highest BCUT2D eigenvalue weighted by Gasteiger charge is 2.42. The molecule has 0 radical (unpaired) electrons. The van der Waals surface area contributed by atoms with E-state index in [1.807, 2.05) is 84.9 Å². The van der Waals surface area contributed by atoms with Gasteiger partial charge in [-0.15, -0.1) is 0 Å². The summed E-state index contributed by atoms with van der Waals surface area (Å²) in [5, 5.41) is 5.62. The number of rotatable bonds is 5. The fourth-order valence-corrected chi connectivity index (χ4v) is 4.93. The van der Waals surface area contributed by atoms with E-state index in [9.17, 15) is 0 Å². The number of hydrogen-bond acceptors (Lipinski definition) is 4. The van der Waals surface area contributed by atoms with Crippen molar-refractivity contribution >= 4 is 46.4 Å². The first-order chi connectivity index (χ1) is 15.2. The van der Waals surface area contributed by atoms with Gasteiger partial charge in [-0.1, -0.05) is 47.6 Å². The van der Waals surface area contributed by atoms with Crippen molar-refractivity contribution in [2.45, 2.75) is 22.1 Å². The Bertz CT molecular complexity index is 1180. The van der Waals surface area contributed by atoms with Crippen LogP contribution in [-0.2, 0) is 0 Å². The Morgan fingerprint density at radius 1 is 0.935 bits per heavy atom. The molecule has 0 unspecified atom stereocenters. The second kappa shape index (κ2) is 8.75. The summed E-state index contributed by atoms with van der Waals surface area (Å²) in [6.07, 6.45) is 1.80. The zero-order valence-corrected chi connectivity index (χ0v) is 18.7. The molecule has 4 aromatic rings. The van der Waals surface area contributed by atoms with E-state index in [4.69, 9.17) is 28.2 Å². The Labute approximate surface area is 195 Å². The molecular formula is C24H18ClN3OS2. The highest BCUT2D eigenvalue weighted by atomic mass is 35.5. The number of nitrogens with zero attached hydrogens (tertiary/aromatic N) is 2. The van der Waals surface area contributed by atoms with Gasteiger partial charge in [-0.25, -0.2) is 0 Å². The van der Waals surface area contributed by atoms with E-state index < -0.39 is 0 Å². The number of halogens is 1. The van der Waals surface area contributed by atoms with Crippen LogP contribution in [0.4, 0.5) is 5.69 Å². The SMILES string of the molecule is S=C1N[C@H](c2ccccn2)[C@H](c2ccc(Sc3ccc(Cl)cc3)o2)N1c1ccccc1. The topological polar surface area (TPSA) is 41.3 Å². The summed E-state index contributed by atoms with van der Waals surface area (Å²) in [5.41, 5.74) is 1.92. The zero-order chi connectivity index (χ0) is 21.2. The van der Waals surface area contributed by atoms with Crippen LogP contribution in [0.5, 0.6) is 0 Å². The normalized spacial score (nSPS) is 18.2. The fraction of sp³-hybridized carbons (Fsp3) is 0.0833. The molecule has 1 aliphatic rings. The van der Waals surface area contributed by atoms with Crippen molar-refractivity contribution in [1.82, 2.24) is 10.3 Å². The van der Waals surface area contributed by atoms with Crippen LogP contribution in [0.1, 0.15) is 23.5 Å². The molecule has 4 nitrogen and oxygen atoms in total. The van der Waals surface area contributed by atoms with Crippen LogP contribution in [0.15, 0.2) is 106 Å². The Kier molecular flexibility index (Phi) is 5.68. The molecule has 0 bridgehead atoms. The van der Waals surface area contributed by atoms with E-state index in [1.54, 1.807) is 18.0 Å². The van der Waals surface area contributed by atoms with Gasteiger partial charge in [-0.2, -0.15) is 0 Å². The van der Waals surface area contributed by atoms with Crippen LogP contribution in [0, 0.1) is 0 Å². The lowest BCUT2D eigenvalue weighted by molar-refractivity contribution is 0.383. The van der Waals surface area contributed by atoms with Gasteiger partial charge >= 0.3 is 0 Å². The van der Waals surface area contributed by atoms with Gasteiger partial charge in [0.1, 0.15) is 11.8 Å². The fourth-order valence-electron chi connectivity index (χ4n) is 3.68. The lowest BCUT2D eigenvalue weighted by atomic mass is 10.0. The van der Waals surface area contributed by atoms with Crippen molar-refractivity contribution in [3.05, 3.63) is 108 Å². The molecule has 7 heteroatoms. The minimum absolute atomic E-state index is 0.131. The molecule has 0 saturated carbocycles. The van der Waals surface area contributed by atoms with Crippen molar-refractivity contribution < 1.29 is 4.42 Å². The second-order valence-electron chi connectivity index (χ2n) is 7.04. The molecular weight excluding hydrogens is 446 g/mol. The molecule has 2 aromatic heterocycles. The minimum atomic E-state index is -0.163. The summed E-state index contributed by atoms with van der Waals surface area (Å²) in [4.78, 5) is 7.74. The van der Waals surface area contributed by atoms with E-state index in [1.165, 1.54) is 0 Å². The molecule has 0 spiro atoms. The van der Waals surface area contributed by atoms with Crippen molar-refractivity contribution in [2.75, 3.05) is 4.90 Å². The van der Waals surface area contributed by atoms with Crippen LogP contribution in [0.2, 0.25) is 5.02 Å². The predicted molar refractivity (Wildman–Crippen MR) is 129 cm³/mol. The van der Waals surface area contributed by atoms with Gasteiger partial charge in [0.15, 0.2) is 10.2 Å². The van der Waals surface area contributed by atoms with Crippen LogP contribution in [0.25, 0.3) is 0 Å². The number of benzene rings is 2. The quantitative estimate of drug-likeness (QED) is 0.334. The van der Waals surface area contributed by atoms with E-state index in [0.29, 0.717) is 10.1 Å². The van der Waals surface area contributed by atoms with Crippen molar-refractivity contribution in [3.8, 4) is 0 Å². The highest BCUT2D eigenvalue weighted by molar-refractivity contribution is 7.99. The Balaban J connectivity index is 1.51. The third-order valence-electron chi connectivity index (χ3n) is 5.06. The van der Waals surface area contributed by atoms with Crippen LogP contribution in [0.3, 0.4) is 0 Å². The van der Waals surface area contributed by atoms with E-state index in [2.05, 4.69) is 15.2 Å². The maximum atomic E-state index is 6.31. The summed E-state index contributed by atoms with van der Waals surface area (Å²) in [6.45, 7) is 0. The molecule has 3 heterocycles. The van der Waals surface area contributed by atoms with Gasteiger partial charge in [0.05, 0.1) is 11.7 Å². The number of anilines is 1. The molecule has 1 fully saturated rings. The number of pyridine rings is 1. The summed E-state index contributed by atoms with van der Waals surface area (Å²) < 4.78 is 6.31. The molecule has 1 N–H and O–H groups in total. The Morgan fingerprint density at radius 2 is 1.71 bits per heavy atom. The van der Waals surface area contributed by atoms with Gasteiger partial charge in [0, 0.05) is 21.8 Å². The van der Waals surface area contributed by atoms with Gasteiger partial charge in [-0.3, -0.25) is 4.98 Å². The summed E-state index contributed by atoms with van der Waals surface area (Å²) >= 11 is 13.3. The molecule has 154 valence electrons. The molecule has 1 aliphatic heterocycles. The number of para-hydroxylation sites is 1. The van der Waals surface area contributed by atoms with Crippen LogP contribution in [-0.4, -0.2) is 10.1 Å². The number of aromatic nitrogens is 1. The number of thiocarbonyl (C=S) groups is 1. The first kappa shape index (κ1) is 20.1. The number of nitrogens with one attached hydrogen (secondary N) is 1. The van der Waals surface area contributed by atoms with E-state index in [-0.39, 0.29) is 12.1 Å². The molecule has 31 heavy (non-hydrogen) atoms. The first-order valence-electron chi connectivity index (χ1n) is 9.78. The number of hydrogen-bond donors (Lipinski definition) is 1. The monoisotopic (exact) mass is 463 g/mol. The third-order valence-corrected chi connectivity index (χ3v) is 6.55. The Morgan fingerprint density at radius 3 is 2.45 bits per heavy atom. The summed E-state index contributed by atoms with van der Waals surface area (Å²) in [6, 6.07) is 27.4. The molecule has 2 atom stereocenters. The zero-order valence-electron chi connectivity index (χ0n) is 16.3. The molecule has 0 aliphatic carbocycles. The van der Waals surface area contributed by atoms with Gasteiger partial charge in [0.2, 0.25) is 0 Å². The standard InChI is InChI=1S/C24H18ClN3OS2/c25-16-9-11-18(12-10-16)31-21-14-13-20(29-21)23-22(19-8-4-5-15-26-19)27-24(30)28(23)17-6-2-1-3-7-17/h1-15,22-23H,(H,27,30)/t22-,23+/m1/s1. The molecule has 0 amide bonds. The van der Waals surface area contributed by atoms with Crippen molar-refractivity contribution in [2.24, 2.45) is 0 Å². The highest BCUT2D eigenvalue weighted by Crippen LogP contribution is 2.43. The van der Waals surface area contributed by atoms with Crippen molar-refractivity contribution in [1.29, 1.82) is 0 Å². The summed E-state index contributed by atoms with van der Waals surface area (Å²) in [7, 11) is 0. The minimum Gasteiger partial charge on any atom is -0.452 e. The third kappa shape index (κ3) is 4.19. The second-order valence-corrected chi connectivity index (χ2v) is 8.95. The first-order valence-corrected chi connectivity index (χ1v) is 11.4. The van der Waals surface area contributed by atoms with Gasteiger partial charge < -0.3 is 14.6 Å². The lowest BCUT2D eigenvalue weighted by Crippen LogP contribution is -2.29. The van der Waals surface area contributed by atoms with Crippen LogP contribution < -0.4 is 10.2 Å². The van der Waals surface area contributed by atoms with Crippen LogP contribution >= 0.6 is 35.6 Å². The van der Waals surface area contributed by atoms with Crippen molar-refractivity contribution in [3.63, 3.8) is 0 Å². The van der Waals surface area contributed by atoms with Gasteiger partial charge in [0.25, 0.3) is 0 Å². The average Bonchev–Trinajstić information content (AvgIpc) is 3.40. The molecule has 5 rings (SSSR count).